The zero-order valence-corrected chi connectivity index (χ0v) is 11.7. The molecule has 0 N–H and O–H groups in total. The maximum atomic E-state index is 2.24. The van der Waals surface area contributed by atoms with Crippen molar-refractivity contribution >= 4 is 22.9 Å². The van der Waals surface area contributed by atoms with Crippen LogP contribution >= 0.6 is 0 Å². The van der Waals surface area contributed by atoms with Gasteiger partial charge in [-0.2, -0.15) is 0 Å². The highest BCUT2D eigenvalue weighted by molar-refractivity contribution is 5.94. The van der Waals surface area contributed by atoms with Gasteiger partial charge in [-0.05, 0) is 33.9 Å². The third-order valence-electron chi connectivity index (χ3n) is 3.68. The Bertz CT molecular complexity index is 736. The van der Waals surface area contributed by atoms with Crippen LogP contribution in [0.1, 0.15) is 23.6 Å². The summed E-state index contributed by atoms with van der Waals surface area (Å²) in [5, 5.41) is 2.70. The molecule has 0 aromatic heterocycles. The first-order valence-corrected chi connectivity index (χ1v) is 7.12. The van der Waals surface area contributed by atoms with E-state index >= 15 is 0 Å². The number of benzene rings is 3. The van der Waals surface area contributed by atoms with Crippen LogP contribution in [-0.2, 0) is 6.42 Å². The van der Waals surface area contributed by atoms with Crippen LogP contribution < -0.4 is 0 Å². The molecule has 0 aliphatic rings. The molecule has 0 heteroatoms. The first kappa shape index (κ1) is 12.7. The third-order valence-corrected chi connectivity index (χ3v) is 3.68. The minimum absolute atomic E-state index is 1.07. The lowest BCUT2D eigenvalue weighted by Crippen LogP contribution is -1.86. The van der Waals surface area contributed by atoms with Gasteiger partial charge in [-0.25, -0.2) is 0 Å². The minimum Gasteiger partial charge on any atom is -0.0622 e. The molecule has 3 aromatic rings. The lowest BCUT2D eigenvalue weighted by Gasteiger charge is -2.07. The first-order chi connectivity index (χ1) is 9.88. The van der Waals surface area contributed by atoms with Crippen LogP contribution in [0.4, 0.5) is 0 Å². The van der Waals surface area contributed by atoms with E-state index in [0.717, 1.165) is 6.42 Å². The molecule has 0 heterocycles. The Morgan fingerprint density at radius 1 is 0.700 bits per heavy atom. The van der Waals surface area contributed by atoms with Gasteiger partial charge in [-0.3, -0.25) is 0 Å². The lowest BCUT2D eigenvalue weighted by molar-refractivity contribution is 1.16. The number of aryl methyl sites for hydroxylation is 1. The normalized spacial score (nSPS) is 11.2. The second-order valence-corrected chi connectivity index (χ2v) is 4.96. The average molecular weight is 258 g/mol. The molecule has 0 saturated heterocycles. The summed E-state index contributed by atoms with van der Waals surface area (Å²) in [6.45, 7) is 2.21. The molecule has 0 nitrogen and oxygen atoms in total. The third kappa shape index (κ3) is 2.50. The van der Waals surface area contributed by atoms with Gasteiger partial charge in [0.05, 0.1) is 0 Å². The zero-order chi connectivity index (χ0) is 13.8. The van der Waals surface area contributed by atoms with Gasteiger partial charge in [0.25, 0.3) is 0 Å². The Kier molecular flexibility index (Phi) is 3.64. The first-order valence-electron chi connectivity index (χ1n) is 7.12. The van der Waals surface area contributed by atoms with E-state index in [1.54, 1.807) is 0 Å². The molecular weight excluding hydrogens is 240 g/mol. The molecule has 3 aromatic carbocycles. The molecule has 20 heavy (non-hydrogen) atoms. The van der Waals surface area contributed by atoms with E-state index in [2.05, 4.69) is 79.7 Å². The molecule has 0 unspecified atom stereocenters. The molecule has 0 saturated carbocycles. The van der Waals surface area contributed by atoms with E-state index < -0.39 is 0 Å². The summed E-state index contributed by atoms with van der Waals surface area (Å²) in [6, 6.07) is 23.5. The van der Waals surface area contributed by atoms with Gasteiger partial charge in [-0.1, -0.05) is 85.8 Å². The highest BCUT2D eigenvalue weighted by Gasteiger charge is 2.02. The van der Waals surface area contributed by atoms with E-state index in [-0.39, 0.29) is 0 Å². The predicted molar refractivity (Wildman–Crippen MR) is 88.7 cm³/mol. The van der Waals surface area contributed by atoms with Crippen molar-refractivity contribution < 1.29 is 0 Å². The van der Waals surface area contributed by atoms with E-state index in [0.29, 0.717) is 0 Å². The number of rotatable bonds is 3. The molecule has 0 aliphatic carbocycles. The molecule has 0 bridgehead atoms. The van der Waals surface area contributed by atoms with Gasteiger partial charge in [0, 0.05) is 0 Å². The molecule has 0 atom stereocenters. The van der Waals surface area contributed by atoms with E-state index in [1.807, 2.05) is 6.07 Å². The summed E-state index contributed by atoms with van der Waals surface area (Å²) >= 11 is 0. The fourth-order valence-corrected chi connectivity index (χ4v) is 2.59. The van der Waals surface area contributed by atoms with Gasteiger partial charge in [-0.15, -0.1) is 0 Å². The molecule has 3 rings (SSSR count). The van der Waals surface area contributed by atoms with Gasteiger partial charge in [0.1, 0.15) is 0 Å². The van der Waals surface area contributed by atoms with E-state index in [4.69, 9.17) is 0 Å². The minimum atomic E-state index is 1.07. The van der Waals surface area contributed by atoms with Crippen molar-refractivity contribution in [2.45, 2.75) is 13.3 Å². The van der Waals surface area contributed by atoms with Crippen molar-refractivity contribution in [3.63, 3.8) is 0 Å². The van der Waals surface area contributed by atoms with Crippen molar-refractivity contribution in [1.29, 1.82) is 0 Å². The van der Waals surface area contributed by atoms with Crippen LogP contribution in [0, 0.1) is 0 Å². The molecular formula is C20H18. The summed E-state index contributed by atoms with van der Waals surface area (Å²) < 4.78 is 0. The fraction of sp³-hybridized carbons (Fsp3) is 0.100. The van der Waals surface area contributed by atoms with E-state index in [1.165, 1.54) is 27.5 Å². The number of fused-ring (bicyclic) bond motifs is 1. The summed E-state index contributed by atoms with van der Waals surface area (Å²) in [5.74, 6) is 0. The highest BCUT2D eigenvalue weighted by Crippen LogP contribution is 2.24. The monoisotopic (exact) mass is 258 g/mol. The summed E-state index contributed by atoms with van der Waals surface area (Å²) in [5.41, 5.74) is 3.93. The Morgan fingerprint density at radius 3 is 2.15 bits per heavy atom. The molecule has 0 aliphatic heterocycles. The van der Waals surface area contributed by atoms with Crippen molar-refractivity contribution in [3.05, 3.63) is 83.4 Å². The van der Waals surface area contributed by atoms with Crippen molar-refractivity contribution in [2.75, 3.05) is 0 Å². The number of hydrogen-bond donors (Lipinski definition) is 0. The SMILES string of the molecule is CCc1ccc(/C=C/c2ccccc2)c2ccccc12. The molecule has 98 valence electrons. The Labute approximate surface area is 120 Å². The Morgan fingerprint density at radius 2 is 1.40 bits per heavy atom. The Balaban J connectivity index is 2.07. The number of hydrogen-bond acceptors (Lipinski definition) is 0. The zero-order valence-electron chi connectivity index (χ0n) is 11.7. The van der Waals surface area contributed by atoms with Crippen LogP contribution in [0.3, 0.4) is 0 Å². The standard InChI is InChI=1S/C20H18/c1-2-17-14-15-18(20-11-7-6-10-19(17)20)13-12-16-8-4-3-5-9-16/h3-15H,2H2,1H3/b13-12+. The molecule has 0 radical (unpaired) electrons. The van der Waals surface area contributed by atoms with Crippen molar-refractivity contribution in [3.8, 4) is 0 Å². The summed E-state index contributed by atoms with van der Waals surface area (Å²) in [7, 11) is 0. The van der Waals surface area contributed by atoms with Crippen LogP contribution in [0.25, 0.3) is 22.9 Å². The predicted octanol–water partition coefficient (Wildman–Crippen LogP) is 5.57. The smallest absolute Gasteiger partial charge is 0.0109 e. The second-order valence-electron chi connectivity index (χ2n) is 4.96. The maximum absolute atomic E-state index is 2.24. The fourth-order valence-electron chi connectivity index (χ4n) is 2.59. The maximum Gasteiger partial charge on any atom is -0.0109 e. The molecule has 0 amide bonds. The highest BCUT2D eigenvalue weighted by atomic mass is 14.1. The molecule has 0 spiro atoms. The van der Waals surface area contributed by atoms with Gasteiger partial charge in [0.2, 0.25) is 0 Å². The Hall–Kier alpha value is -2.34. The van der Waals surface area contributed by atoms with Crippen LogP contribution in [0.15, 0.2) is 66.7 Å². The second kappa shape index (κ2) is 5.75. The van der Waals surface area contributed by atoms with Gasteiger partial charge >= 0.3 is 0 Å². The summed E-state index contributed by atoms with van der Waals surface area (Å²) in [4.78, 5) is 0. The van der Waals surface area contributed by atoms with Crippen LogP contribution in [0.5, 0.6) is 0 Å². The van der Waals surface area contributed by atoms with Crippen LogP contribution in [-0.4, -0.2) is 0 Å². The van der Waals surface area contributed by atoms with Crippen molar-refractivity contribution in [2.24, 2.45) is 0 Å². The largest absolute Gasteiger partial charge is 0.0622 e. The lowest BCUT2D eigenvalue weighted by atomic mass is 9.97. The quantitative estimate of drug-likeness (QED) is 0.538. The summed E-state index contributed by atoms with van der Waals surface area (Å²) in [6.07, 6.45) is 5.45. The van der Waals surface area contributed by atoms with Gasteiger partial charge < -0.3 is 0 Å². The van der Waals surface area contributed by atoms with Crippen LogP contribution in [0.2, 0.25) is 0 Å². The molecule has 0 fully saturated rings. The topological polar surface area (TPSA) is 0 Å². The van der Waals surface area contributed by atoms with Gasteiger partial charge in [0.15, 0.2) is 0 Å². The van der Waals surface area contributed by atoms with E-state index in [9.17, 15) is 0 Å². The van der Waals surface area contributed by atoms with Crippen molar-refractivity contribution in [1.82, 2.24) is 0 Å². The average Bonchev–Trinajstić information content (AvgIpc) is 2.53.